The molecule has 1 aromatic heterocycles. The van der Waals surface area contributed by atoms with Gasteiger partial charge in [0.25, 0.3) is 5.91 Å². The number of hydrogen-bond donors (Lipinski definition) is 0. The summed E-state index contributed by atoms with van der Waals surface area (Å²) in [5, 5.41) is 7.42. The third kappa shape index (κ3) is 2.05. The van der Waals surface area contributed by atoms with Crippen molar-refractivity contribution in [2.24, 2.45) is 0 Å². The molecule has 0 aromatic carbocycles. The van der Waals surface area contributed by atoms with Gasteiger partial charge < -0.3 is 9.80 Å². The summed E-state index contributed by atoms with van der Waals surface area (Å²) in [6.07, 6.45) is 5.83. The minimum absolute atomic E-state index is 0.00319. The van der Waals surface area contributed by atoms with Gasteiger partial charge in [0.05, 0.1) is 18.0 Å². The average molecular weight is 274 g/mol. The molecule has 106 valence electrons. The van der Waals surface area contributed by atoms with Gasteiger partial charge in [-0.25, -0.2) is 0 Å². The van der Waals surface area contributed by atoms with Crippen molar-refractivity contribution in [1.29, 1.82) is 0 Å². The highest BCUT2D eigenvalue weighted by molar-refractivity contribution is 5.93. The van der Waals surface area contributed by atoms with Gasteiger partial charge in [-0.2, -0.15) is 10.2 Å². The van der Waals surface area contributed by atoms with Gasteiger partial charge in [0, 0.05) is 32.1 Å². The van der Waals surface area contributed by atoms with E-state index in [0.717, 1.165) is 25.8 Å². The lowest BCUT2D eigenvalue weighted by Crippen LogP contribution is -2.65. The van der Waals surface area contributed by atoms with Gasteiger partial charge in [-0.15, -0.1) is 0 Å². The molecule has 2 aliphatic heterocycles. The summed E-state index contributed by atoms with van der Waals surface area (Å²) in [5.74, 6) is 0.151. The molecule has 2 amide bonds. The zero-order valence-electron chi connectivity index (χ0n) is 11.6. The quantitative estimate of drug-likeness (QED) is 0.756. The molecule has 0 saturated carbocycles. The highest BCUT2D eigenvalue weighted by Crippen LogP contribution is 2.40. The van der Waals surface area contributed by atoms with Crippen molar-refractivity contribution in [3.63, 3.8) is 0 Å². The van der Waals surface area contributed by atoms with Crippen LogP contribution < -0.4 is 0 Å². The Balaban J connectivity index is 1.65. The van der Waals surface area contributed by atoms with Crippen LogP contribution in [0, 0.1) is 0 Å². The van der Waals surface area contributed by atoms with Crippen LogP contribution in [-0.2, 0) is 4.79 Å². The summed E-state index contributed by atoms with van der Waals surface area (Å²) in [6, 6.07) is 1.69. The maximum Gasteiger partial charge on any atom is 0.255 e. The Labute approximate surface area is 117 Å². The molecule has 0 unspecified atom stereocenters. The minimum Gasteiger partial charge on any atom is -0.338 e. The van der Waals surface area contributed by atoms with Crippen LogP contribution in [0.3, 0.4) is 0 Å². The van der Waals surface area contributed by atoms with E-state index in [0.29, 0.717) is 18.7 Å². The topological polar surface area (TPSA) is 66.4 Å². The highest BCUT2D eigenvalue weighted by atomic mass is 16.2. The first kappa shape index (κ1) is 13.0. The van der Waals surface area contributed by atoms with Crippen molar-refractivity contribution in [2.75, 3.05) is 19.6 Å². The Morgan fingerprint density at radius 3 is 2.35 bits per heavy atom. The molecule has 1 spiro atoms. The molecule has 0 radical (unpaired) electrons. The molecule has 2 fully saturated rings. The number of carbonyl (C=O) groups excluding carboxylic acids is 2. The molecule has 6 heteroatoms. The fourth-order valence-electron chi connectivity index (χ4n) is 3.28. The second-order valence-electron chi connectivity index (χ2n) is 5.57. The molecular weight excluding hydrogens is 256 g/mol. The van der Waals surface area contributed by atoms with Crippen LogP contribution in [0.25, 0.3) is 0 Å². The number of piperidine rings is 1. The first-order valence-corrected chi connectivity index (χ1v) is 6.97. The third-order valence-corrected chi connectivity index (χ3v) is 4.57. The predicted molar refractivity (Wildman–Crippen MR) is 71.9 cm³/mol. The predicted octanol–water partition coefficient (Wildman–Crippen LogP) is 0.704. The summed E-state index contributed by atoms with van der Waals surface area (Å²) >= 11 is 0. The molecule has 0 bridgehead atoms. The molecule has 2 aliphatic rings. The second-order valence-corrected chi connectivity index (χ2v) is 5.57. The lowest BCUT2D eigenvalue weighted by Gasteiger charge is -2.56. The van der Waals surface area contributed by atoms with Crippen molar-refractivity contribution >= 4 is 11.8 Å². The third-order valence-electron chi connectivity index (χ3n) is 4.57. The normalized spacial score (nSPS) is 20.6. The SMILES string of the molecule is CC(=O)N1CCC12CCN(C(=O)c1ccnnc1)CC2. The second kappa shape index (κ2) is 4.85. The molecular formula is C14H18N4O2. The number of amides is 2. The molecule has 1 aromatic rings. The fourth-order valence-corrected chi connectivity index (χ4v) is 3.28. The highest BCUT2D eigenvalue weighted by Gasteiger charge is 2.48. The van der Waals surface area contributed by atoms with E-state index in [9.17, 15) is 9.59 Å². The van der Waals surface area contributed by atoms with E-state index in [1.165, 1.54) is 12.4 Å². The van der Waals surface area contributed by atoms with Gasteiger partial charge in [0.1, 0.15) is 0 Å². The molecule has 0 aliphatic carbocycles. The zero-order valence-corrected chi connectivity index (χ0v) is 11.6. The number of aromatic nitrogens is 2. The van der Waals surface area contributed by atoms with Gasteiger partial charge in [-0.1, -0.05) is 0 Å². The van der Waals surface area contributed by atoms with E-state index in [2.05, 4.69) is 10.2 Å². The van der Waals surface area contributed by atoms with Crippen LogP contribution in [0.1, 0.15) is 36.5 Å². The maximum absolute atomic E-state index is 12.3. The van der Waals surface area contributed by atoms with Crippen molar-refractivity contribution in [3.05, 3.63) is 24.0 Å². The van der Waals surface area contributed by atoms with E-state index in [4.69, 9.17) is 0 Å². The van der Waals surface area contributed by atoms with Crippen LogP contribution in [0.15, 0.2) is 18.5 Å². The summed E-state index contributed by atoms with van der Waals surface area (Å²) < 4.78 is 0. The van der Waals surface area contributed by atoms with Crippen LogP contribution in [-0.4, -0.2) is 57.0 Å². The lowest BCUT2D eigenvalue weighted by molar-refractivity contribution is -0.148. The van der Waals surface area contributed by atoms with Crippen LogP contribution in [0.4, 0.5) is 0 Å². The average Bonchev–Trinajstić information content (AvgIpc) is 2.46. The van der Waals surface area contributed by atoms with E-state index in [1.807, 2.05) is 9.80 Å². The van der Waals surface area contributed by atoms with Crippen LogP contribution >= 0.6 is 0 Å². The van der Waals surface area contributed by atoms with E-state index in [-0.39, 0.29) is 17.4 Å². The Morgan fingerprint density at radius 2 is 1.85 bits per heavy atom. The van der Waals surface area contributed by atoms with E-state index < -0.39 is 0 Å². The number of nitrogens with zero attached hydrogens (tertiary/aromatic N) is 4. The van der Waals surface area contributed by atoms with Crippen molar-refractivity contribution in [1.82, 2.24) is 20.0 Å². The molecule has 0 atom stereocenters. The van der Waals surface area contributed by atoms with Gasteiger partial charge in [0.2, 0.25) is 5.91 Å². The van der Waals surface area contributed by atoms with Crippen LogP contribution in [0.5, 0.6) is 0 Å². The smallest absolute Gasteiger partial charge is 0.255 e. The van der Waals surface area contributed by atoms with Gasteiger partial charge in [-0.05, 0) is 25.3 Å². The number of rotatable bonds is 1. The lowest BCUT2D eigenvalue weighted by atomic mass is 9.76. The molecule has 6 nitrogen and oxygen atoms in total. The van der Waals surface area contributed by atoms with Crippen molar-refractivity contribution < 1.29 is 9.59 Å². The van der Waals surface area contributed by atoms with E-state index >= 15 is 0 Å². The minimum atomic E-state index is 0.00319. The zero-order chi connectivity index (χ0) is 14.2. The number of hydrogen-bond acceptors (Lipinski definition) is 4. The number of likely N-dealkylation sites (tertiary alicyclic amines) is 2. The first-order chi connectivity index (χ1) is 9.62. The van der Waals surface area contributed by atoms with Crippen LogP contribution in [0.2, 0.25) is 0 Å². The maximum atomic E-state index is 12.3. The molecule has 0 N–H and O–H groups in total. The molecule has 3 rings (SSSR count). The Morgan fingerprint density at radius 1 is 1.15 bits per heavy atom. The van der Waals surface area contributed by atoms with Crippen molar-refractivity contribution in [2.45, 2.75) is 31.7 Å². The standard InChI is InChI=1S/C14H18N4O2/c1-11(19)18-9-5-14(18)3-7-17(8-4-14)13(20)12-2-6-15-16-10-12/h2,6,10H,3-5,7-9H2,1H3. The van der Waals surface area contributed by atoms with Gasteiger partial charge in [0.15, 0.2) is 0 Å². The summed E-state index contributed by atoms with van der Waals surface area (Å²) in [7, 11) is 0. The monoisotopic (exact) mass is 274 g/mol. The van der Waals surface area contributed by atoms with Crippen molar-refractivity contribution in [3.8, 4) is 0 Å². The molecule has 20 heavy (non-hydrogen) atoms. The van der Waals surface area contributed by atoms with E-state index in [1.54, 1.807) is 13.0 Å². The molecule has 3 heterocycles. The summed E-state index contributed by atoms with van der Waals surface area (Å²) in [4.78, 5) is 27.7. The van der Waals surface area contributed by atoms with Gasteiger partial charge >= 0.3 is 0 Å². The Bertz CT molecular complexity index is 523. The Kier molecular flexibility index (Phi) is 3.16. The Hall–Kier alpha value is -1.98. The summed E-state index contributed by atoms with van der Waals surface area (Å²) in [5.41, 5.74) is 0.590. The first-order valence-electron chi connectivity index (χ1n) is 6.97. The number of carbonyl (C=O) groups is 2. The largest absolute Gasteiger partial charge is 0.338 e. The van der Waals surface area contributed by atoms with Gasteiger partial charge in [-0.3, -0.25) is 9.59 Å². The summed E-state index contributed by atoms with van der Waals surface area (Å²) in [6.45, 7) is 3.88. The fraction of sp³-hybridized carbons (Fsp3) is 0.571. The molecule has 2 saturated heterocycles.